The standard InChI is InChI=1S/C28H43N3O3/c1-4-16-31-19-10-14-28(31)15-13-24(25(21-28)30-17-7-6-8-18-30)29(3)26(32)22-11-9-12-23(20-22)27(33)34-5-2/h9,11-12,20,24-25H,4-8,10,13-19,21H2,1-3H3. The van der Waals surface area contributed by atoms with Crippen molar-refractivity contribution in [3.05, 3.63) is 35.4 Å². The Bertz CT molecular complexity index is 853. The number of amides is 1. The molecule has 1 aliphatic carbocycles. The molecular formula is C28H43N3O3. The molecule has 0 radical (unpaired) electrons. The highest BCUT2D eigenvalue weighted by Crippen LogP contribution is 2.44. The molecule has 3 fully saturated rings. The molecule has 34 heavy (non-hydrogen) atoms. The van der Waals surface area contributed by atoms with Gasteiger partial charge in [0.05, 0.1) is 12.2 Å². The number of likely N-dealkylation sites (N-methyl/N-ethyl adjacent to an activating group) is 1. The van der Waals surface area contributed by atoms with Crippen molar-refractivity contribution in [3.63, 3.8) is 0 Å². The van der Waals surface area contributed by atoms with Gasteiger partial charge in [0.2, 0.25) is 0 Å². The summed E-state index contributed by atoms with van der Waals surface area (Å²) in [4.78, 5) is 33.3. The third-order valence-electron chi connectivity index (χ3n) is 8.47. The Hall–Kier alpha value is -1.92. The summed E-state index contributed by atoms with van der Waals surface area (Å²) in [7, 11) is 1.97. The Balaban J connectivity index is 1.56. The lowest BCUT2D eigenvalue weighted by Gasteiger charge is -2.53. The van der Waals surface area contributed by atoms with E-state index < -0.39 is 0 Å². The Morgan fingerprint density at radius 2 is 1.82 bits per heavy atom. The van der Waals surface area contributed by atoms with Crippen LogP contribution in [0.25, 0.3) is 0 Å². The van der Waals surface area contributed by atoms with Crippen LogP contribution in [0.3, 0.4) is 0 Å². The number of hydrogen-bond donors (Lipinski definition) is 0. The van der Waals surface area contributed by atoms with Gasteiger partial charge >= 0.3 is 5.97 Å². The van der Waals surface area contributed by atoms with E-state index in [0.717, 1.165) is 25.9 Å². The van der Waals surface area contributed by atoms with Gasteiger partial charge in [0.1, 0.15) is 0 Å². The predicted molar refractivity (Wildman–Crippen MR) is 135 cm³/mol. The highest BCUT2D eigenvalue weighted by Gasteiger charge is 2.49. The molecule has 6 heteroatoms. The Morgan fingerprint density at radius 1 is 1.06 bits per heavy atom. The van der Waals surface area contributed by atoms with Crippen LogP contribution in [0.15, 0.2) is 24.3 Å². The second-order valence-corrected chi connectivity index (χ2v) is 10.5. The van der Waals surface area contributed by atoms with Gasteiger partial charge in [-0.2, -0.15) is 0 Å². The topological polar surface area (TPSA) is 53.1 Å². The molecule has 2 heterocycles. The van der Waals surface area contributed by atoms with Crippen LogP contribution in [0.5, 0.6) is 0 Å². The summed E-state index contributed by atoms with van der Waals surface area (Å²) >= 11 is 0. The van der Waals surface area contributed by atoms with Crippen LogP contribution < -0.4 is 0 Å². The molecule has 1 aromatic carbocycles. The minimum Gasteiger partial charge on any atom is -0.462 e. The highest BCUT2D eigenvalue weighted by atomic mass is 16.5. The first-order valence-electron chi connectivity index (χ1n) is 13.5. The van der Waals surface area contributed by atoms with Gasteiger partial charge in [-0.1, -0.05) is 19.4 Å². The highest BCUT2D eigenvalue weighted by molar-refractivity contribution is 5.98. The van der Waals surface area contributed by atoms with Gasteiger partial charge in [0.25, 0.3) is 5.91 Å². The summed E-state index contributed by atoms with van der Waals surface area (Å²) in [6, 6.07) is 7.61. The summed E-state index contributed by atoms with van der Waals surface area (Å²) in [5, 5.41) is 0. The molecule has 0 aromatic heterocycles. The molecule has 1 aromatic rings. The quantitative estimate of drug-likeness (QED) is 0.547. The van der Waals surface area contributed by atoms with Crippen molar-refractivity contribution >= 4 is 11.9 Å². The van der Waals surface area contributed by atoms with Gasteiger partial charge in [-0.3, -0.25) is 14.6 Å². The Labute approximate surface area is 205 Å². The molecule has 0 bridgehead atoms. The number of likely N-dealkylation sites (tertiary alicyclic amines) is 2. The van der Waals surface area contributed by atoms with Crippen LogP contribution in [-0.2, 0) is 4.74 Å². The molecule has 3 atom stereocenters. The van der Waals surface area contributed by atoms with Gasteiger partial charge in [0, 0.05) is 30.2 Å². The number of hydrogen-bond acceptors (Lipinski definition) is 5. The normalized spacial score (nSPS) is 28.2. The molecule has 2 saturated heterocycles. The number of rotatable bonds is 7. The fourth-order valence-corrected chi connectivity index (χ4v) is 6.79. The Morgan fingerprint density at radius 3 is 2.56 bits per heavy atom. The zero-order valence-electron chi connectivity index (χ0n) is 21.4. The van der Waals surface area contributed by atoms with E-state index in [9.17, 15) is 9.59 Å². The van der Waals surface area contributed by atoms with Gasteiger partial charge in [-0.25, -0.2) is 4.79 Å². The molecule has 1 amide bonds. The maximum absolute atomic E-state index is 13.6. The van der Waals surface area contributed by atoms with E-state index in [-0.39, 0.29) is 17.9 Å². The second-order valence-electron chi connectivity index (χ2n) is 10.5. The van der Waals surface area contributed by atoms with Gasteiger partial charge in [-0.05, 0) is 103 Å². The Kier molecular flexibility index (Phi) is 8.30. The zero-order chi connectivity index (χ0) is 24.1. The number of benzene rings is 1. The molecule has 3 unspecified atom stereocenters. The van der Waals surface area contributed by atoms with Crippen LogP contribution in [0.4, 0.5) is 0 Å². The lowest BCUT2D eigenvalue weighted by Crippen LogP contribution is -2.62. The first kappa shape index (κ1) is 25.2. The maximum Gasteiger partial charge on any atom is 0.338 e. The van der Waals surface area contributed by atoms with Crippen LogP contribution in [0.2, 0.25) is 0 Å². The minimum atomic E-state index is -0.372. The first-order valence-corrected chi connectivity index (χ1v) is 13.5. The molecular weight excluding hydrogens is 426 g/mol. The predicted octanol–water partition coefficient (Wildman–Crippen LogP) is 4.59. The van der Waals surface area contributed by atoms with E-state index in [1.54, 1.807) is 25.1 Å². The summed E-state index contributed by atoms with van der Waals surface area (Å²) in [5.41, 5.74) is 1.32. The van der Waals surface area contributed by atoms with Gasteiger partial charge < -0.3 is 9.64 Å². The van der Waals surface area contributed by atoms with Gasteiger partial charge in [-0.15, -0.1) is 0 Å². The van der Waals surface area contributed by atoms with E-state index in [4.69, 9.17) is 4.74 Å². The van der Waals surface area contributed by atoms with Crippen LogP contribution in [0.1, 0.15) is 92.4 Å². The second kappa shape index (κ2) is 11.2. The molecule has 3 aliphatic rings. The van der Waals surface area contributed by atoms with Crippen LogP contribution in [0, 0.1) is 0 Å². The molecule has 6 nitrogen and oxygen atoms in total. The summed E-state index contributed by atoms with van der Waals surface area (Å²) in [5.74, 6) is -0.367. The molecule has 188 valence electrons. The molecule has 4 rings (SSSR count). The summed E-state index contributed by atoms with van der Waals surface area (Å²) < 4.78 is 5.14. The van der Waals surface area contributed by atoms with E-state index in [2.05, 4.69) is 16.7 Å². The average Bonchev–Trinajstić information content (AvgIpc) is 3.25. The van der Waals surface area contributed by atoms with Gasteiger partial charge in [0.15, 0.2) is 0 Å². The minimum absolute atomic E-state index is 0.00550. The van der Waals surface area contributed by atoms with Crippen LogP contribution >= 0.6 is 0 Å². The fourth-order valence-electron chi connectivity index (χ4n) is 6.79. The molecule has 2 aliphatic heterocycles. The lowest BCUT2D eigenvalue weighted by molar-refractivity contribution is -0.0145. The first-order chi connectivity index (χ1) is 16.5. The molecule has 1 saturated carbocycles. The zero-order valence-corrected chi connectivity index (χ0v) is 21.4. The third-order valence-corrected chi connectivity index (χ3v) is 8.47. The average molecular weight is 470 g/mol. The largest absolute Gasteiger partial charge is 0.462 e. The van der Waals surface area contributed by atoms with E-state index >= 15 is 0 Å². The third kappa shape index (κ3) is 5.18. The van der Waals surface area contributed by atoms with Crippen molar-refractivity contribution in [2.24, 2.45) is 0 Å². The lowest BCUT2D eigenvalue weighted by atomic mass is 9.73. The summed E-state index contributed by atoms with van der Waals surface area (Å²) in [6.07, 6.45) is 11.0. The maximum atomic E-state index is 13.6. The van der Waals surface area contributed by atoms with Crippen molar-refractivity contribution in [1.29, 1.82) is 0 Å². The van der Waals surface area contributed by atoms with E-state index in [1.165, 1.54) is 58.0 Å². The molecule has 1 spiro atoms. The number of ether oxygens (including phenoxy) is 1. The van der Waals surface area contributed by atoms with Crippen molar-refractivity contribution in [1.82, 2.24) is 14.7 Å². The monoisotopic (exact) mass is 469 g/mol. The van der Waals surface area contributed by atoms with Crippen molar-refractivity contribution in [2.45, 2.75) is 89.3 Å². The smallest absolute Gasteiger partial charge is 0.338 e. The van der Waals surface area contributed by atoms with Crippen molar-refractivity contribution < 1.29 is 14.3 Å². The number of piperidine rings is 1. The van der Waals surface area contributed by atoms with Crippen molar-refractivity contribution in [2.75, 3.05) is 39.8 Å². The molecule has 0 N–H and O–H groups in total. The fraction of sp³-hybridized carbons (Fsp3) is 0.714. The summed E-state index contributed by atoms with van der Waals surface area (Å²) in [6.45, 7) is 9.11. The number of carbonyl (C=O) groups is 2. The number of nitrogens with zero attached hydrogens (tertiary/aromatic N) is 3. The van der Waals surface area contributed by atoms with E-state index in [1.807, 2.05) is 18.0 Å². The van der Waals surface area contributed by atoms with E-state index in [0.29, 0.717) is 29.3 Å². The number of carbonyl (C=O) groups excluding carboxylic acids is 2. The SMILES string of the molecule is CCCN1CCCC12CCC(N(C)C(=O)c1cccc(C(=O)OCC)c1)C(N1CCCCC1)C2. The van der Waals surface area contributed by atoms with Crippen molar-refractivity contribution in [3.8, 4) is 0 Å². The van der Waals surface area contributed by atoms with Crippen LogP contribution in [-0.4, -0.2) is 84.0 Å². The number of esters is 1.